The van der Waals surface area contributed by atoms with Gasteiger partial charge in [0.1, 0.15) is 5.75 Å². The van der Waals surface area contributed by atoms with E-state index in [1.165, 1.54) is 5.56 Å². The van der Waals surface area contributed by atoms with Crippen molar-refractivity contribution in [2.45, 2.75) is 33.6 Å². The number of benzene rings is 1. The van der Waals surface area contributed by atoms with Crippen LogP contribution < -0.4 is 4.74 Å². The van der Waals surface area contributed by atoms with Crippen molar-refractivity contribution >= 4 is 0 Å². The molecule has 0 amide bonds. The van der Waals surface area contributed by atoms with Gasteiger partial charge in [0.05, 0.1) is 7.11 Å². The lowest BCUT2D eigenvalue weighted by Crippen LogP contribution is -1.88. The average molecular weight is 180 g/mol. The molecule has 0 saturated carbocycles. The van der Waals surface area contributed by atoms with Gasteiger partial charge in [-0.25, -0.2) is 0 Å². The Hall–Kier alpha value is -0.980. The summed E-state index contributed by atoms with van der Waals surface area (Å²) in [5.74, 6) is 1.52. The van der Waals surface area contributed by atoms with Crippen molar-refractivity contribution in [2.24, 2.45) is 0 Å². The van der Waals surface area contributed by atoms with Gasteiger partial charge >= 0.3 is 0 Å². The van der Waals surface area contributed by atoms with Crippen molar-refractivity contribution in [1.29, 1.82) is 0 Å². The first-order valence-corrected chi connectivity index (χ1v) is 4.88. The molecule has 0 aliphatic rings. The number of ether oxygens (including phenoxy) is 1. The maximum atomic E-state index is 5.11. The minimum atomic E-state index is 0.574. The molecule has 0 heterocycles. The lowest BCUT2D eigenvalue weighted by Gasteiger charge is -2.06. The van der Waals surface area contributed by atoms with Gasteiger partial charge < -0.3 is 4.74 Å². The summed E-state index contributed by atoms with van der Waals surface area (Å²) in [7, 11) is 1.69. The van der Waals surface area contributed by atoms with Crippen LogP contribution in [0.1, 0.15) is 39.2 Å². The molecular formula is C12H20O. The van der Waals surface area contributed by atoms with Crippen molar-refractivity contribution in [1.82, 2.24) is 0 Å². The van der Waals surface area contributed by atoms with Gasteiger partial charge in [0.25, 0.3) is 0 Å². The summed E-state index contributed by atoms with van der Waals surface area (Å²) in [6.07, 6.45) is 0. The highest BCUT2D eigenvalue weighted by molar-refractivity contribution is 5.29. The number of methoxy groups -OCH3 is 1. The lowest BCUT2D eigenvalue weighted by atomic mass is 10.0. The maximum absolute atomic E-state index is 5.11. The topological polar surface area (TPSA) is 9.23 Å². The molecule has 0 aromatic heterocycles. The van der Waals surface area contributed by atoms with Gasteiger partial charge in [-0.1, -0.05) is 39.8 Å². The Labute approximate surface area is 81.7 Å². The smallest absolute Gasteiger partial charge is 0.119 e. The third-order valence-electron chi connectivity index (χ3n) is 1.76. The predicted molar refractivity (Wildman–Crippen MR) is 58.4 cm³/mol. The normalized spacial score (nSPS) is 9.08. The highest BCUT2D eigenvalue weighted by Crippen LogP contribution is 2.19. The SMILES string of the molecule is CC.COc1cccc(C(C)C)c1. The molecule has 0 N–H and O–H groups in total. The lowest BCUT2D eigenvalue weighted by molar-refractivity contribution is 0.414. The Morgan fingerprint density at radius 2 is 1.77 bits per heavy atom. The van der Waals surface area contributed by atoms with E-state index in [9.17, 15) is 0 Å². The number of hydrogen-bond donors (Lipinski definition) is 0. The molecule has 0 radical (unpaired) electrons. The molecule has 1 aromatic rings. The Morgan fingerprint density at radius 1 is 1.15 bits per heavy atom. The molecule has 0 aliphatic carbocycles. The molecule has 0 aliphatic heterocycles. The molecule has 0 spiro atoms. The number of hydrogen-bond acceptors (Lipinski definition) is 1. The van der Waals surface area contributed by atoms with Crippen LogP contribution in [0.3, 0.4) is 0 Å². The average Bonchev–Trinajstić information content (AvgIpc) is 2.21. The second kappa shape index (κ2) is 6.53. The van der Waals surface area contributed by atoms with Crippen LogP contribution in [0.5, 0.6) is 5.75 Å². The van der Waals surface area contributed by atoms with E-state index < -0.39 is 0 Å². The van der Waals surface area contributed by atoms with Crippen LogP contribution in [0.2, 0.25) is 0 Å². The molecular weight excluding hydrogens is 160 g/mol. The van der Waals surface area contributed by atoms with Gasteiger partial charge in [0.2, 0.25) is 0 Å². The van der Waals surface area contributed by atoms with E-state index in [1.54, 1.807) is 7.11 Å². The molecule has 0 fully saturated rings. The van der Waals surface area contributed by atoms with Crippen LogP contribution in [0.15, 0.2) is 24.3 Å². The molecule has 0 unspecified atom stereocenters. The van der Waals surface area contributed by atoms with E-state index in [1.807, 2.05) is 26.0 Å². The highest BCUT2D eigenvalue weighted by atomic mass is 16.5. The van der Waals surface area contributed by atoms with E-state index in [0.717, 1.165) is 5.75 Å². The second-order valence-corrected chi connectivity index (χ2v) is 2.93. The van der Waals surface area contributed by atoms with Gasteiger partial charge in [0, 0.05) is 0 Å². The quantitative estimate of drug-likeness (QED) is 0.671. The fourth-order valence-corrected chi connectivity index (χ4v) is 1.00. The summed E-state index contributed by atoms with van der Waals surface area (Å²) in [6.45, 7) is 8.35. The summed E-state index contributed by atoms with van der Waals surface area (Å²) >= 11 is 0. The zero-order valence-corrected chi connectivity index (χ0v) is 9.29. The van der Waals surface area contributed by atoms with E-state index in [2.05, 4.69) is 26.0 Å². The Morgan fingerprint density at radius 3 is 2.23 bits per heavy atom. The monoisotopic (exact) mass is 180 g/mol. The summed E-state index contributed by atoms with van der Waals surface area (Å²) in [5.41, 5.74) is 1.32. The van der Waals surface area contributed by atoms with Crippen molar-refractivity contribution in [3.8, 4) is 5.75 Å². The summed E-state index contributed by atoms with van der Waals surface area (Å²) in [6, 6.07) is 8.18. The van der Waals surface area contributed by atoms with Crippen LogP contribution in [0, 0.1) is 0 Å². The Kier molecular flexibility index (Phi) is 6.03. The van der Waals surface area contributed by atoms with E-state index in [4.69, 9.17) is 4.74 Å². The molecule has 1 rings (SSSR count). The first-order chi connectivity index (χ1) is 6.24. The van der Waals surface area contributed by atoms with Gasteiger partial charge in [-0.05, 0) is 23.6 Å². The largest absolute Gasteiger partial charge is 0.497 e. The van der Waals surface area contributed by atoms with Crippen LogP contribution >= 0.6 is 0 Å². The van der Waals surface area contributed by atoms with Crippen LogP contribution in [0.25, 0.3) is 0 Å². The molecule has 0 atom stereocenters. The first kappa shape index (κ1) is 12.0. The molecule has 1 nitrogen and oxygen atoms in total. The van der Waals surface area contributed by atoms with E-state index >= 15 is 0 Å². The zero-order valence-electron chi connectivity index (χ0n) is 9.29. The van der Waals surface area contributed by atoms with Crippen LogP contribution in [-0.2, 0) is 0 Å². The van der Waals surface area contributed by atoms with Gasteiger partial charge in [0.15, 0.2) is 0 Å². The van der Waals surface area contributed by atoms with Crippen molar-refractivity contribution in [3.63, 3.8) is 0 Å². The summed E-state index contributed by atoms with van der Waals surface area (Å²) in [4.78, 5) is 0. The third kappa shape index (κ3) is 3.97. The molecule has 0 saturated heterocycles. The third-order valence-corrected chi connectivity index (χ3v) is 1.76. The van der Waals surface area contributed by atoms with Gasteiger partial charge in [-0.15, -0.1) is 0 Å². The van der Waals surface area contributed by atoms with Crippen LogP contribution in [0.4, 0.5) is 0 Å². The maximum Gasteiger partial charge on any atom is 0.119 e. The number of rotatable bonds is 2. The van der Waals surface area contributed by atoms with E-state index in [-0.39, 0.29) is 0 Å². The van der Waals surface area contributed by atoms with Gasteiger partial charge in [-0.2, -0.15) is 0 Å². The van der Waals surface area contributed by atoms with E-state index in [0.29, 0.717) is 5.92 Å². The molecule has 74 valence electrons. The fourth-order valence-electron chi connectivity index (χ4n) is 1.00. The zero-order chi connectivity index (χ0) is 10.3. The molecule has 13 heavy (non-hydrogen) atoms. The molecule has 0 bridgehead atoms. The highest BCUT2D eigenvalue weighted by Gasteiger charge is 1.98. The van der Waals surface area contributed by atoms with Gasteiger partial charge in [-0.3, -0.25) is 0 Å². The predicted octanol–water partition coefficient (Wildman–Crippen LogP) is 3.84. The fraction of sp³-hybridized carbons (Fsp3) is 0.500. The Balaban J connectivity index is 0.000000671. The van der Waals surface area contributed by atoms with Crippen LogP contribution in [-0.4, -0.2) is 7.11 Å². The van der Waals surface area contributed by atoms with Crippen molar-refractivity contribution in [3.05, 3.63) is 29.8 Å². The van der Waals surface area contributed by atoms with Crippen molar-refractivity contribution < 1.29 is 4.74 Å². The standard InChI is InChI=1S/C10H14O.C2H6/c1-8(2)9-5-4-6-10(7-9)11-3;1-2/h4-8H,1-3H3;1-2H3. The minimum Gasteiger partial charge on any atom is -0.497 e. The first-order valence-electron chi connectivity index (χ1n) is 4.88. The van der Waals surface area contributed by atoms with Crippen molar-refractivity contribution in [2.75, 3.05) is 7.11 Å². The summed E-state index contributed by atoms with van der Waals surface area (Å²) in [5, 5.41) is 0. The molecule has 1 heteroatoms. The second-order valence-electron chi connectivity index (χ2n) is 2.93. The molecule has 1 aromatic carbocycles. The summed E-state index contributed by atoms with van der Waals surface area (Å²) < 4.78 is 5.11. The Bertz CT molecular complexity index is 228. The minimum absolute atomic E-state index is 0.574.